The molecule has 0 unspecified atom stereocenters. The third kappa shape index (κ3) is 2.13. The molecule has 3 nitrogen and oxygen atoms in total. The largest absolute Gasteiger partial charge is 0.452 e. The summed E-state index contributed by atoms with van der Waals surface area (Å²) in [5.41, 5.74) is -0.000728. The molecule has 13 heavy (non-hydrogen) atoms. The molecular weight excluding hydrogens is 234 g/mol. The molecule has 0 spiro atoms. The van der Waals surface area contributed by atoms with Gasteiger partial charge in [-0.25, -0.2) is 0 Å². The summed E-state index contributed by atoms with van der Waals surface area (Å²) in [4.78, 5) is 0. The Kier molecular flexibility index (Phi) is 2.45. The molecule has 0 amide bonds. The minimum atomic E-state index is -0.000728. The van der Waals surface area contributed by atoms with Gasteiger partial charge < -0.3 is 14.5 Å². The van der Waals surface area contributed by atoms with Gasteiger partial charge in [-0.2, -0.15) is 0 Å². The van der Waals surface area contributed by atoms with E-state index >= 15 is 0 Å². The summed E-state index contributed by atoms with van der Waals surface area (Å²) in [7, 11) is 0. The van der Waals surface area contributed by atoms with Crippen molar-refractivity contribution in [1.29, 1.82) is 0 Å². The second kappa shape index (κ2) is 3.44. The van der Waals surface area contributed by atoms with Gasteiger partial charge in [-0.1, -0.05) is 0 Å². The smallest absolute Gasteiger partial charge is 0.169 e. The minimum Gasteiger partial charge on any atom is -0.452 e. The number of halogens is 1. The maximum absolute atomic E-state index is 5.69. The minimum absolute atomic E-state index is 0.000728. The van der Waals surface area contributed by atoms with Gasteiger partial charge in [0.25, 0.3) is 0 Å². The Balaban J connectivity index is 1.85. The van der Waals surface area contributed by atoms with Crippen LogP contribution in [0.5, 0.6) is 0 Å². The predicted molar refractivity (Wildman–Crippen MR) is 52.5 cm³/mol. The molecular formula is C9H12BrNO2. The maximum atomic E-state index is 5.69. The second-order valence-electron chi connectivity index (χ2n) is 3.55. The van der Waals surface area contributed by atoms with Crippen LogP contribution >= 0.6 is 15.9 Å². The summed E-state index contributed by atoms with van der Waals surface area (Å²) in [6.45, 7) is 4.50. The molecule has 2 rings (SSSR count). The zero-order valence-corrected chi connectivity index (χ0v) is 9.06. The van der Waals surface area contributed by atoms with E-state index in [9.17, 15) is 0 Å². The lowest BCUT2D eigenvalue weighted by Crippen LogP contribution is -2.58. The van der Waals surface area contributed by atoms with Gasteiger partial charge in [0.1, 0.15) is 12.4 Å². The number of nitrogens with one attached hydrogen (secondary N) is 1. The van der Waals surface area contributed by atoms with E-state index in [2.05, 4.69) is 28.2 Å². The molecule has 0 radical (unpaired) electrons. The summed E-state index contributed by atoms with van der Waals surface area (Å²) in [5, 5.41) is 3.18. The summed E-state index contributed by atoms with van der Waals surface area (Å²) >= 11 is 3.25. The van der Waals surface area contributed by atoms with Crippen LogP contribution in [0.2, 0.25) is 0 Å². The number of hydrogen-bond donors (Lipinski definition) is 1. The van der Waals surface area contributed by atoms with E-state index in [1.165, 1.54) is 0 Å². The van der Waals surface area contributed by atoms with Crippen molar-refractivity contribution in [2.45, 2.75) is 19.1 Å². The fraction of sp³-hybridized carbons (Fsp3) is 0.556. The van der Waals surface area contributed by atoms with E-state index < -0.39 is 0 Å². The second-order valence-corrected chi connectivity index (χ2v) is 4.33. The molecule has 4 heteroatoms. The van der Waals surface area contributed by atoms with Crippen LogP contribution in [0.15, 0.2) is 21.2 Å². The summed E-state index contributed by atoms with van der Waals surface area (Å²) in [6, 6.07) is 3.79. The summed E-state index contributed by atoms with van der Waals surface area (Å²) in [5.74, 6) is 0.861. The van der Waals surface area contributed by atoms with Crippen LogP contribution in [0, 0.1) is 0 Å². The van der Waals surface area contributed by atoms with Crippen molar-refractivity contribution in [2.24, 2.45) is 0 Å². The van der Waals surface area contributed by atoms with Crippen molar-refractivity contribution in [3.05, 3.63) is 22.6 Å². The highest BCUT2D eigenvalue weighted by atomic mass is 79.9. The first kappa shape index (κ1) is 9.24. The van der Waals surface area contributed by atoms with Crippen molar-refractivity contribution >= 4 is 15.9 Å². The SMILES string of the molecule is CC1(OCc2ccc(Br)o2)CNC1. The van der Waals surface area contributed by atoms with E-state index in [0.29, 0.717) is 6.61 Å². The number of rotatable bonds is 3. The maximum Gasteiger partial charge on any atom is 0.169 e. The lowest BCUT2D eigenvalue weighted by Gasteiger charge is -2.38. The lowest BCUT2D eigenvalue weighted by molar-refractivity contribution is -0.0819. The average molecular weight is 246 g/mol. The van der Waals surface area contributed by atoms with Crippen LogP contribution < -0.4 is 5.32 Å². The molecule has 1 aromatic heterocycles. The highest BCUT2D eigenvalue weighted by Gasteiger charge is 2.32. The average Bonchev–Trinajstić information content (AvgIpc) is 2.44. The molecule has 0 aliphatic carbocycles. The lowest BCUT2D eigenvalue weighted by atomic mass is 10.0. The highest BCUT2D eigenvalue weighted by Crippen LogP contribution is 2.20. The molecule has 0 bridgehead atoms. The number of furan rings is 1. The molecule has 1 aliphatic heterocycles. The van der Waals surface area contributed by atoms with Gasteiger partial charge in [0.05, 0.1) is 5.60 Å². The van der Waals surface area contributed by atoms with E-state index in [1.54, 1.807) is 0 Å². The fourth-order valence-corrected chi connectivity index (χ4v) is 1.59. The number of ether oxygens (including phenoxy) is 1. The quantitative estimate of drug-likeness (QED) is 0.884. The Labute approximate surface area is 85.6 Å². The van der Waals surface area contributed by atoms with E-state index in [-0.39, 0.29) is 5.60 Å². The topological polar surface area (TPSA) is 34.4 Å². The summed E-state index contributed by atoms with van der Waals surface area (Å²) in [6.07, 6.45) is 0. The molecule has 1 N–H and O–H groups in total. The highest BCUT2D eigenvalue weighted by molar-refractivity contribution is 9.10. The third-order valence-corrected chi connectivity index (χ3v) is 2.62. The van der Waals surface area contributed by atoms with Crippen LogP contribution in [0.3, 0.4) is 0 Å². The van der Waals surface area contributed by atoms with Crippen molar-refractivity contribution in [1.82, 2.24) is 5.32 Å². The predicted octanol–water partition coefficient (Wildman–Crippen LogP) is 1.92. The standard InChI is InChI=1S/C9H12BrNO2/c1-9(5-11-6-9)12-4-7-2-3-8(10)13-7/h2-3,11H,4-6H2,1H3. The number of hydrogen-bond acceptors (Lipinski definition) is 3. The molecule has 72 valence electrons. The zero-order valence-electron chi connectivity index (χ0n) is 7.47. The Bertz CT molecular complexity index is 294. The molecule has 1 aromatic rings. The molecule has 1 saturated heterocycles. The molecule has 1 aliphatic rings. The van der Waals surface area contributed by atoms with Crippen molar-refractivity contribution in [3.63, 3.8) is 0 Å². The van der Waals surface area contributed by atoms with Crippen LogP contribution in [0.25, 0.3) is 0 Å². The van der Waals surface area contributed by atoms with E-state index in [4.69, 9.17) is 9.15 Å². The van der Waals surface area contributed by atoms with Gasteiger partial charge in [-0.15, -0.1) is 0 Å². The van der Waals surface area contributed by atoms with Crippen LogP contribution in [0.4, 0.5) is 0 Å². The molecule has 2 heterocycles. The Hall–Kier alpha value is -0.320. The molecule has 0 atom stereocenters. The van der Waals surface area contributed by atoms with Gasteiger partial charge in [-0.05, 0) is 35.0 Å². The van der Waals surface area contributed by atoms with Gasteiger partial charge in [0, 0.05) is 13.1 Å². The van der Waals surface area contributed by atoms with Gasteiger partial charge in [0.2, 0.25) is 0 Å². The first-order chi connectivity index (χ1) is 6.18. The van der Waals surface area contributed by atoms with Crippen LogP contribution in [-0.4, -0.2) is 18.7 Å². The monoisotopic (exact) mass is 245 g/mol. The first-order valence-electron chi connectivity index (χ1n) is 4.27. The Morgan fingerprint density at radius 2 is 2.38 bits per heavy atom. The zero-order chi connectivity index (χ0) is 9.31. The van der Waals surface area contributed by atoms with E-state index in [1.807, 2.05) is 12.1 Å². The molecule has 0 aromatic carbocycles. The molecule has 1 fully saturated rings. The van der Waals surface area contributed by atoms with Crippen molar-refractivity contribution in [3.8, 4) is 0 Å². The Morgan fingerprint density at radius 3 is 2.85 bits per heavy atom. The third-order valence-electron chi connectivity index (χ3n) is 2.19. The summed E-state index contributed by atoms with van der Waals surface area (Å²) < 4.78 is 11.8. The van der Waals surface area contributed by atoms with Crippen molar-refractivity contribution in [2.75, 3.05) is 13.1 Å². The Morgan fingerprint density at radius 1 is 1.62 bits per heavy atom. The van der Waals surface area contributed by atoms with Gasteiger partial charge in [0.15, 0.2) is 4.67 Å². The van der Waals surface area contributed by atoms with Gasteiger partial charge in [-0.3, -0.25) is 0 Å². The fourth-order valence-electron chi connectivity index (χ4n) is 1.25. The van der Waals surface area contributed by atoms with Crippen LogP contribution in [0.1, 0.15) is 12.7 Å². The van der Waals surface area contributed by atoms with Gasteiger partial charge >= 0.3 is 0 Å². The van der Waals surface area contributed by atoms with Crippen molar-refractivity contribution < 1.29 is 9.15 Å². The molecule has 0 saturated carbocycles. The normalized spacial score (nSPS) is 19.8. The van der Waals surface area contributed by atoms with E-state index in [0.717, 1.165) is 23.5 Å². The van der Waals surface area contributed by atoms with Crippen LogP contribution in [-0.2, 0) is 11.3 Å². The first-order valence-corrected chi connectivity index (χ1v) is 5.06.